The highest BCUT2D eigenvalue weighted by molar-refractivity contribution is 7.71. The van der Waals surface area contributed by atoms with Crippen molar-refractivity contribution in [2.24, 2.45) is 5.92 Å². The Morgan fingerprint density at radius 1 is 1.04 bits per heavy atom. The second-order valence-corrected chi connectivity index (χ2v) is 8.54. The molecule has 1 aromatic heterocycles. The zero-order valence-electron chi connectivity index (χ0n) is 16.2. The van der Waals surface area contributed by atoms with E-state index in [-0.39, 0.29) is 5.82 Å². The van der Waals surface area contributed by atoms with Crippen molar-refractivity contribution in [1.29, 1.82) is 0 Å². The summed E-state index contributed by atoms with van der Waals surface area (Å²) in [4.78, 5) is 0. The molecule has 3 aromatic rings. The van der Waals surface area contributed by atoms with Crippen LogP contribution in [0.5, 0.6) is 0 Å². The van der Waals surface area contributed by atoms with Crippen molar-refractivity contribution in [1.82, 2.24) is 0 Å². The van der Waals surface area contributed by atoms with Gasteiger partial charge in [0.2, 0.25) is 0 Å². The Labute approximate surface area is 165 Å². The summed E-state index contributed by atoms with van der Waals surface area (Å²) in [6.07, 6.45) is 7.80. The van der Waals surface area contributed by atoms with E-state index in [4.69, 9.17) is 16.6 Å². The molecule has 0 N–H and O–H groups in total. The molecule has 1 saturated carbocycles. The molecule has 142 valence electrons. The summed E-state index contributed by atoms with van der Waals surface area (Å²) < 4.78 is 21.2. The molecule has 27 heavy (non-hydrogen) atoms. The van der Waals surface area contributed by atoms with E-state index in [1.165, 1.54) is 31.2 Å². The van der Waals surface area contributed by atoms with Crippen LogP contribution in [-0.2, 0) is 6.42 Å². The molecular formula is C24H27FOS. The van der Waals surface area contributed by atoms with Gasteiger partial charge in [0, 0.05) is 10.8 Å². The van der Waals surface area contributed by atoms with Gasteiger partial charge in [-0.15, -0.1) is 0 Å². The first-order valence-corrected chi connectivity index (χ1v) is 10.7. The fourth-order valence-corrected chi connectivity index (χ4v) is 4.68. The molecule has 0 aliphatic heterocycles. The van der Waals surface area contributed by atoms with Gasteiger partial charge in [-0.05, 0) is 72.3 Å². The predicted octanol–water partition coefficient (Wildman–Crippen LogP) is 8.09. The second-order valence-electron chi connectivity index (χ2n) is 8.17. The monoisotopic (exact) mass is 382 g/mol. The first-order valence-electron chi connectivity index (χ1n) is 10.3. The molecule has 0 radical (unpaired) electrons. The largest absolute Gasteiger partial charge is 0.441 e. The lowest BCUT2D eigenvalue weighted by Crippen LogP contribution is -2.10. The molecule has 2 aromatic carbocycles. The van der Waals surface area contributed by atoms with Gasteiger partial charge in [-0.25, -0.2) is 4.39 Å². The van der Waals surface area contributed by atoms with Crippen LogP contribution in [-0.4, -0.2) is 0 Å². The van der Waals surface area contributed by atoms with E-state index in [9.17, 15) is 4.39 Å². The number of aryl methyl sites for hydroxylation is 1. The van der Waals surface area contributed by atoms with Crippen molar-refractivity contribution in [3.8, 4) is 0 Å². The quantitative estimate of drug-likeness (QED) is 0.334. The predicted molar refractivity (Wildman–Crippen MR) is 113 cm³/mol. The number of fused-ring (bicyclic) bond motifs is 3. The van der Waals surface area contributed by atoms with Crippen LogP contribution in [0.25, 0.3) is 21.7 Å². The van der Waals surface area contributed by atoms with Crippen LogP contribution in [0.2, 0.25) is 0 Å². The first-order chi connectivity index (χ1) is 13.1. The summed E-state index contributed by atoms with van der Waals surface area (Å²) >= 11 is 5.52. The van der Waals surface area contributed by atoms with Gasteiger partial charge in [0.05, 0.1) is 0 Å². The van der Waals surface area contributed by atoms with Gasteiger partial charge < -0.3 is 4.42 Å². The molecule has 1 aliphatic rings. The number of rotatable bonds is 4. The number of hydrogen-bond donors (Lipinski definition) is 0. The van der Waals surface area contributed by atoms with Crippen molar-refractivity contribution in [3.63, 3.8) is 0 Å². The lowest BCUT2D eigenvalue weighted by Gasteiger charge is -2.26. The Bertz CT molecular complexity index is 1030. The Hall–Kier alpha value is -1.74. The second kappa shape index (κ2) is 7.71. The minimum atomic E-state index is -0.251. The summed E-state index contributed by atoms with van der Waals surface area (Å²) in [6.45, 7) is 4.45. The van der Waals surface area contributed by atoms with E-state index >= 15 is 0 Å². The number of hydrogen-bond acceptors (Lipinski definition) is 2. The van der Waals surface area contributed by atoms with Gasteiger partial charge in [0.25, 0.3) is 0 Å². The minimum absolute atomic E-state index is 0.251. The molecule has 0 bridgehead atoms. The SMILES string of the molecule is CCCCc1ccc2c(oc(=S)c3cc(C4CCC(C)CC4)ccc32)c1F. The molecule has 0 spiro atoms. The highest BCUT2D eigenvalue weighted by Gasteiger charge is 2.21. The molecular weight excluding hydrogens is 355 g/mol. The summed E-state index contributed by atoms with van der Waals surface area (Å²) in [7, 11) is 0. The normalized spacial score (nSPS) is 20.4. The zero-order valence-corrected chi connectivity index (χ0v) is 17.0. The first kappa shape index (κ1) is 18.6. The van der Waals surface area contributed by atoms with Gasteiger partial charge in [-0.3, -0.25) is 0 Å². The smallest absolute Gasteiger partial charge is 0.198 e. The third-order valence-corrected chi connectivity index (χ3v) is 6.52. The summed E-state index contributed by atoms with van der Waals surface area (Å²) in [6, 6.07) is 10.4. The minimum Gasteiger partial charge on any atom is -0.441 e. The van der Waals surface area contributed by atoms with Crippen LogP contribution in [0.4, 0.5) is 4.39 Å². The van der Waals surface area contributed by atoms with Gasteiger partial charge >= 0.3 is 0 Å². The van der Waals surface area contributed by atoms with Crippen molar-refractivity contribution < 1.29 is 8.81 Å². The third kappa shape index (κ3) is 3.54. The summed E-state index contributed by atoms with van der Waals surface area (Å²) in [5.74, 6) is 1.18. The number of benzene rings is 2. The van der Waals surface area contributed by atoms with E-state index in [0.29, 0.717) is 16.2 Å². The molecule has 1 fully saturated rings. The van der Waals surface area contributed by atoms with Crippen LogP contribution in [0.15, 0.2) is 34.7 Å². The highest BCUT2D eigenvalue weighted by atomic mass is 32.1. The average molecular weight is 383 g/mol. The molecule has 4 rings (SSSR count). The molecule has 0 saturated heterocycles. The van der Waals surface area contributed by atoms with E-state index in [1.807, 2.05) is 12.1 Å². The standard InChI is InChI=1S/C24H27FOS/c1-3-4-5-17-10-13-20-19-12-11-18(16-8-6-15(2)7-9-16)14-21(19)24(27)26-23(20)22(17)25/h10-16H,3-9H2,1-2H3. The van der Waals surface area contributed by atoms with E-state index in [1.54, 1.807) is 0 Å². The van der Waals surface area contributed by atoms with Gasteiger partial charge in [0.15, 0.2) is 16.1 Å². The molecule has 1 aliphatic carbocycles. The Kier molecular flexibility index (Phi) is 5.32. The Morgan fingerprint density at radius 2 is 1.78 bits per heavy atom. The highest BCUT2D eigenvalue weighted by Crippen LogP contribution is 2.38. The van der Waals surface area contributed by atoms with Crippen LogP contribution in [0.1, 0.15) is 69.4 Å². The van der Waals surface area contributed by atoms with E-state index in [0.717, 1.165) is 46.9 Å². The number of halogens is 1. The molecule has 0 amide bonds. The zero-order chi connectivity index (χ0) is 19.0. The fraction of sp³-hybridized carbons (Fsp3) is 0.458. The van der Waals surface area contributed by atoms with Crippen LogP contribution < -0.4 is 0 Å². The maximum absolute atomic E-state index is 15.0. The fourth-order valence-electron chi connectivity index (χ4n) is 4.43. The molecule has 0 unspecified atom stereocenters. The number of unbranched alkanes of at least 4 members (excludes halogenated alkanes) is 1. The molecule has 0 atom stereocenters. The lowest BCUT2D eigenvalue weighted by atomic mass is 9.79. The van der Waals surface area contributed by atoms with Crippen molar-refractivity contribution >= 4 is 34.0 Å². The van der Waals surface area contributed by atoms with Crippen LogP contribution in [0, 0.1) is 16.4 Å². The van der Waals surface area contributed by atoms with Crippen molar-refractivity contribution in [2.75, 3.05) is 0 Å². The third-order valence-electron chi connectivity index (χ3n) is 6.21. The maximum Gasteiger partial charge on any atom is 0.198 e. The van der Waals surface area contributed by atoms with E-state index < -0.39 is 0 Å². The molecule has 1 nitrogen and oxygen atoms in total. The molecule has 3 heteroatoms. The Morgan fingerprint density at radius 3 is 2.52 bits per heavy atom. The molecule has 1 heterocycles. The summed E-state index contributed by atoms with van der Waals surface area (Å²) in [5, 5.41) is 2.75. The summed E-state index contributed by atoms with van der Waals surface area (Å²) in [5.41, 5.74) is 2.37. The Balaban J connectivity index is 1.80. The van der Waals surface area contributed by atoms with Crippen LogP contribution >= 0.6 is 12.2 Å². The van der Waals surface area contributed by atoms with E-state index in [2.05, 4.69) is 32.0 Å². The lowest BCUT2D eigenvalue weighted by molar-refractivity contribution is 0.348. The van der Waals surface area contributed by atoms with Crippen LogP contribution in [0.3, 0.4) is 0 Å². The van der Waals surface area contributed by atoms with Gasteiger partial charge in [-0.2, -0.15) is 0 Å². The maximum atomic E-state index is 15.0. The average Bonchev–Trinajstić information content (AvgIpc) is 2.68. The van der Waals surface area contributed by atoms with Gasteiger partial charge in [-0.1, -0.05) is 57.4 Å². The van der Waals surface area contributed by atoms with Gasteiger partial charge in [0.1, 0.15) is 0 Å². The van der Waals surface area contributed by atoms with Crippen molar-refractivity contribution in [3.05, 3.63) is 52.0 Å². The van der Waals surface area contributed by atoms with Crippen molar-refractivity contribution in [2.45, 2.75) is 64.7 Å². The topological polar surface area (TPSA) is 13.1 Å².